The third-order valence-electron chi connectivity index (χ3n) is 5.09. The van der Waals surface area contributed by atoms with Crippen LogP contribution in [0, 0.1) is 17.6 Å². The lowest BCUT2D eigenvalue weighted by Crippen LogP contribution is -2.44. The lowest BCUT2D eigenvalue weighted by Gasteiger charge is -2.37. The van der Waals surface area contributed by atoms with Gasteiger partial charge < -0.3 is 10.2 Å². The van der Waals surface area contributed by atoms with Gasteiger partial charge in [-0.05, 0) is 61.1 Å². The fourth-order valence-electron chi connectivity index (χ4n) is 3.78. The normalized spacial score (nSPS) is 19.4. The highest BCUT2D eigenvalue weighted by Gasteiger charge is 2.28. The molecule has 5 nitrogen and oxygen atoms in total. The molecular weight excluding hydrogens is 364 g/mol. The van der Waals surface area contributed by atoms with E-state index in [0.717, 1.165) is 18.9 Å². The molecule has 1 N–H and O–H groups in total. The second-order valence-corrected chi connectivity index (χ2v) is 7.29. The molecule has 3 rings (SSSR count). The molecule has 148 valence electrons. The summed E-state index contributed by atoms with van der Waals surface area (Å²) in [6.45, 7) is 4.22. The van der Waals surface area contributed by atoms with Gasteiger partial charge in [0.25, 0.3) is 0 Å². The van der Waals surface area contributed by atoms with Crippen LogP contribution in [0.3, 0.4) is 0 Å². The molecule has 0 aliphatic carbocycles. The lowest BCUT2D eigenvalue weighted by atomic mass is 9.88. The predicted octanol–water partition coefficient (Wildman–Crippen LogP) is 4.00. The van der Waals surface area contributed by atoms with Gasteiger partial charge in [0.15, 0.2) is 0 Å². The molecule has 1 aromatic carbocycles. The van der Waals surface area contributed by atoms with Crippen LogP contribution in [0.15, 0.2) is 36.5 Å². The Balaban J connectivity index is 1.63. The number of piperidine rings is 1. The van der Waals surface area contributed by atoms with Gasteiger partial charge >= 0.3 is 0 Å². The number of benzene rings is 1. The number of likely N-dealkylation sites (tertiary alicyclic amines) is 1. The Hall–Kier alpha value is -2.83. The number of hydrogen-bond donors (Lipinski definition) is 1. The van der Waals surface area contributed by atoms with Crippen LogP contribution >= 0.6 is 0 Å². The SMILES string of the molecule is CC(=O)N1CCC(CC(=O)Nc2cc(-c3cc(F)cc(F)c3)ccn2)C[C@H]1C. The fourth-order valence-corrected chi connectivity index (χ4v) is 3.78. The number of nitrogens with one attached hydrogen (secondary N) is 1. The third-order valence-corrected chi connectivity index (χ3v) is 5.09. The van der Waals surface area contributed by atoms with E-state index in [9.17, 15) is 18.4 Å². The minimum Gasteiger partial charge on any atom is -0.340 e. The first-order valence-corrected chi connectivity index (χ1v) is 9.31. The number of anilines is 1. The highest BCUT2D eigenvalue weighted by atomic mass is 19.1. The van der Waals surface area contributed by atoms with Gasteiger partial charge in [0, 0.05) is 38.2 Å². The first-order valence-electron chi connectivity index (χ1n) is 9.31. The monoisotopic (exact) mass is 387 g/mol. The van der Waals surface area contributed by atoms with E-state index in [2.05, 4.69) is 10.3 Å². The second kappa shape index (κ2) is 8.46. The van der Waals surface area contributed by atoms with Crippen molar-refractivity contribution in [1.82, 2.24) is 9.88 Å². The van der Waals surface area contributed by atoms with Crippen LogP contribution in [0.1, 0.15) is 33.1 Å². The molecule has 28 heavy (non-hydrogen) atoms. The summed E-state index contributed by atoms with van der Waals surface area (Å²) in [6, 6.07) is 6.61. The molecule has 0 radical (unpaired) electrons. The van der Waals surface area contributed by atoms with Crippen LogP contribution in [0.2, 0.25) is 0 Å². The Morgan fingerprint density at radius 2 is 1.89 bits per heavy atom. The van der Waals surface area contributed by atoms with Crippen LogP contribution in [-0.2, 0) is 9.59 Å². The van der Waals surface area contributed by atoms with Gasteiger partial charge in [0.05, 0.1) is 0 Å². The van der Waals surface area contributed by atoms with Crippen LogP contribution in [0.4, 0.5) is 14.6 Å². The predicted molar refractivity (Wildman–Crippen MR) is 102 cm³/mol. The van der Waals surface area contributed by atoms with Crippen molar-refractivity contribution in [2.45, 2.75) is 39.2 Å². The van der Waals surface area contributed by atoms with Crippen molar-refractivity contribution in [3.8, 4) is 11.1 Å². The van der Waals surface area contributed by atoms with Gasteiger partial charge in [-0.2, -0.15) is 0 Å². The van der Waals surface area contributed by atoms with E-state index in [1.165, 1.54) is 18.3 Å². The Kier molecular flexibility index (Phi) is 6.02. The highest BCUT2D eigenvalue weighted by Crippen LogP contribution is 2.27. The minimum atomic E-state index is -0.663. The lowest BCUT2D eigenvalue weighted by molar-refractivity contribution is -0.132. The first kappa shape index (κ1) is 19.9. The molecule has 0 spiro atoms. The Labute approximate surface area is 162 Å². The molecule has 0 bridgehead atoms. The van der Waals surface area contributed by atoms with E-state index < -0.39 is 11.6 Å². The molecule has 2 atom stereocenters. The van der Waals surface area contributed by atoms with E-state index in [4.69, 9.17) is 0 Å². The number of halogens is 2. The Morgan fingerprint density at radius 1 is 1.18 bits per heavy atom. The van der Waals surface area contributed by atoms with Crippen LogP contribution in [-0.4, -0.2) is 34.3 Å². The van der Waals surface area contributed by atoms with Crippen molar-refractivity contribution in [1.29, 1.82) is 0 Å². The van der Waals surface area contributed by atoms with Crippen molar-refractivity contribution in [3.05, 3.63) is 48.2 Å². The number of rotatable bonds is 4. The summed E-state index contributed by atoms with van der Waals surface area (Å²) in [7, 11) is 0. The van der Waals surface area contributed by atoms with Gasteiger partial charge in [0.2, 0.25) is 11.8 Å². The van der Waals surface area contributed by atoms with Crippen molar-refractivity contribution in [2.24, 2.45) is 5.92 Å². The largest absolute Gasteiger partial charge is 0.340 e. The molecule has 1 aliphatic rings. The quantitative estimate of drug-likeness (QED) is 0.863. The highest BCUT2D eigenvalue weighted by molar-refractivity contribution is 5.90. The molecule has 2 amide bonds. The number of nitrogens with zero attached hydrogens (tertiary/aromatic N) is 2. The fraction of sp³-hybridized carbons (Fsp3) is 0.381. The van der Waals surface area contributed by atoms with Crippen molar-refractivity contribution < 1.29 is 18.4 Å². The number of aromatic nitrogens is 1. The molecule has 1 unspecified atom stereocenters. The second-order valence-electron chi connectivity index (χ2n) is 7.29. The van der Waals surface area contributed by atoms with Gasteiger partial charge in [-0.25, -0.2) is 13.8 Å². The Bertz CT molecular complexity index is 867. The van der Waals surface area contributed by atoms with E-state index in [-0.39, 0.29) is 23.8 Å². The average molecular weight is 387 g/mol. The number of amides is 2. The molecule has 1 fully saturated rings. The van der Waals surface area contributed by atoms with Crippen LogP contribution in [0.5, 0.6) is 0 Å². The van der Waals surface area contributed by atoms with Crippen molar-refractivity contribution in [2.75, 3.05) is 11.9 Å². The standard InChI is InChI=1S/C21H23F2N3O2/c1-13-7-15(4-6-26(13)14(2)27)8-21(28)25-20-11-16(3-5-24-20)17-9-18(22)12-19(23)10-17/h3,5,9-13,15H,4,6-8H2,1-2H3,(H,24,25,28)/t13-,15?/m1/s1. The zero-order valence-electron chi connectivity index (χ0n) is 15.9. The van der Waals surface area contributed by atoms with Gasteiger partial charge in [-0.1, -0.05) is 0 Å². The molecule has 1 saturated heterocycles. The topological polar surface area (TPSA) is 62.3 Å². The summed E-state index contributed by atoms with van der Waals surface area (Å²) in [5.41, 5.74) is 0.938. The molecule has 0 saturated carbocycles. The van der Waals surface area contributed by atoms with Gasteiger partial charge in [-0.15, -0.1) is 0 Å². The third kappa shape index (κ3) is 4.91. The maximum Gasteiger partial charge on any atom is 0.225 e. The average Bonchev–Trinajstić information content (AvgIpc) is 2.60. The zero-order chi connectivity index (χ0) is 20.3. The van der Waals surface area contributed by atoms with E-state index in [1.54, 1.807) is 19.1 Å². The summed E-state index contributed by atoms with van der Waals surface area (Å²) in [6.07, 6.45) is 3.40. The summed E-state index contributed by atoms with van der Waals surface area (Å²) >= 11 is 0. The summed E-state index contributed by atoms with van der Waals surface area (Å²) in [5, 5.41) is 2.76. The van der Waals surface area contributed by atoms with Gasteiger partial charge in [0.1, 0.15) is 17.5 Å². The summed E-state index contributed by atoms with van der Waals surface area (Å²) in [5.74, 6) is -0.895. The smallest absolute Gasteiger partial charge is 0.225 e. The van der Waals surface area contributed by atoms with Crippen LogP contribution in [0.25, 0.3) is 11.1 Å². The summed E-state index contributed by atoms with van der Waals surface area (Å²) in [4.78, 5) is 29.9. The maximum atomic E-state index is 13.4. The molecule has 1 aromatic heterocycles. The molecule has 2 heterocycles. The van der Waals surface area contributed by atoms with E-state index >= 15 is 0 Å². The van der Waals surface area contributed by atoms with Crippen molar-refractivity contribution in [3.63, 3.8) is 0 Å². The molecule has 7 heteroatoms. The number of hydrogen-bond acceptors (Lipinski definition) is 3. The van der Waals surface area contributed by atoms with Crippen molar-refractivity contribution >= 4 is 17.6 Å². The van der Waals surface area contributed by atoms with E-state index in [0.29, 0.717) is 29.9 Å². The minimum absolute atomic E-state index is 0.0604. The molecule has 1 aliphatic heterocycles. The molecule has 2 aromatic rings. The first-order chi connectivity index (χ1) is 13.3. The zero-order valence-corrected chi connectivity index (χ0v) is 15.9. The number of carbonyl (C=O) groups excluding carboxylic acids is 2. The summed E-state index contributed by atoms with van der Waals surface area (Å²) < 4.78 is 26.9. The Morgan fingerprint density at radius 3 is 2.54 bits per heavy atom. The number of carbonyl (C=O) groups is 2. The van der Waals surface area contributed by atoms with Crippen LogP contribution < -0.4 is 5.32 Å². The molecular formula is C21H23F2N3O2. The van der Waals surface area contributed by atoms with E-state index in [1.807, 2.05) is 11.8 Å². The maximum absolute atomic E-state index is 13.4. The van der Waals surface area contributed by atoms with Gasteiger partial charge in [-0.3, -0.25) is 9.59 Å². The number of pyridine rings is 1.